The molecule has 0 bridgehead atoms. The normalized spacial score (nSPS) is 47.9. The van der Waals surface area contributed by atoms with Crippen LogP contribution in [-0.4, -0.2) is 46.2 Å². The third-order valence-electron chi connectivity index (χ3n) is 5.43. The Labute approximate surface area is 118 Å². The number of aliphatic hydroxyl groups is 3. The predicted molar refractivity (Wildman–Crippen MR) is 70.6 cm³/mol. The average molecular weight is 282 g/mol. The van der Waals surface area contributed by atoms with Gasteiger partial charge in [0.1, 0.15) is 6.61 Å². The maximum Gasteiger partial charge on any atom is 0.334 e. The molecule has 5 nitrogen and oxygen atoms in total. The molecule has 2 aliphatic carbocycles. The van der Waals surface area contributed by atoms with Crippen molar-refractivity contribution in [3.63, 3.8) is 0 Å². The van der Waals surface area contributed by atoms with Crippen LogP contribution in [0.15, 0.2) is 11.1 Å². The van der Waals surface area contributed by atoms with Gasteiger partial charge in [0, 0.05) is 24.2 Å². The average Bonchev–Trinajstić information content (AvgIpc) is 2.90. The van der Waals surface area contributed by atoms with Crippen molar-refractivity contribution in [2.45, 2.75) is 44.8 Å². The van der Waals surface area contributed by atoms with Crippen LogP contribution < -0.4 is 0 Å². The SMILES string of the molecule is C[C@]1(CO)C[C@H]2[C@@H](C1)[C@@](C)(O)CC1=C(COC1=O)[C@@H]2O. The zero-order valence-corrected chi connectivity index (χ0v) is 11.9. The number of cyclic esters (lactones) is 1. The molecule has 0 amide bonds. The molecule has 3 N–H and O–H groups in total. The fourth-order valence-corrected chi connectivity index (χ4v) is 4.26. The molecule has 0 saturated heterocycles. The number of carbonyl (C=O) groups excluding carboxylic acids is 1. The molecule has 1 saturated carbocycles. The van der Waals surface area contributed by atoms with Crippen LogP contribution >= 0.6 is 0 Å². The van der Waals surface area contributed by atoms with Crippen molar-refractivity contribution in [1.82, 2.24) is 0 Å². The second-order valence-corrected chi connectivity index (χ2v) is 7.21. The van der Waals surface area contributed by atoms with E-state index in [9.17, 15) is 20.1 Å². The summed E-state index contributed by atoms with van der Waals surface area (Å²) in [6.45, 7) is 3.88. The number of aliphatic hydroxyl groups excluding tert-OH is 2. The molecule has 0 unspecified atom stereocenters. The summed E-state index contributed by atoms with van der Waals surface area (Å²) >= 11 is 0. The lowest BCUT2D eigenvalue weighted by molar-refractivity contribution is -0.137. The van der Waals surface area contributed by atoms with Gasteiger partial charge < -0.3 is 20.1 Å². The number of carbonyl (C=O) groups is 1. The van der Waals surface area contributed by atoms with Gasteiger partial charge in [-0.15, -0.1) is 0 Å². The molecule has 5 atom stereocenters. The molecule has 1 heterocycles. The number of rotatable bonds is 1. The molecule has 0 aromatic rings. The van der Waals surface area contributed by atoms with Gasteiger partial charge in [-0.05, 0) is 37.0 Å². The third-order valence-corrected chi connectivity index (χ3v) is 5.43. The lowest BCUT2D eigenvalue weighted by Gasteiger charge is -2.34. The van der Waals surface area contributed by atoms with E-state index < -0.39 is 17.7 Å². The molecular weight excluding hydrogens is 260 g/mol. The maximum atomic E-state index is 11.8. The Kier molecular flexibility index (Phi) is 3.01. The van der Waals surface area contributed by atoms with Gasteiger partial charge in [-0.1, -0.05) is 6.92 Å². The van der Waals surface area contributed by atoms with E-state index in [1.165, 1.54) is 0 Å². The smallest absolute Gasteiger partial charge is 0.334 e. The molecule has 3 rings (SSSR count). The minimum absolute atomic E-state index is 0.0458. The Balaban J connectivity index is 2.01. The molecular formula is C15H22O5. The van der Waals surface area contributed by atoms with E-state index in [1.54, 1.807) is 6.92 Å². The first kappa shape index (κ1) is 14.0. The number of hydrogen-bond acceptors (Lipinski definition) is 5. The number of ether oxygens (including phenoxy) is 1. The topological polar surface area (TPSA) is 87.0 Å². The van der Waals surface area contributed by atoms with Crippen LogP contribution in [0.4, 0.5) is 0 Å². The standard InChI is InChI=1S/C15H22O5/c1-14(7-16)3-9-11(5-14)15(2,19)4-8-10(12(9)17)6-20-13(8)18/h9,11-12,16-17,19H,3-7H2,1-2H3/t9-,11+,12+,14-,15-/m0/s1. The molecule has 112 valence electrons. The van der Waals surface area contributed by atoms with E-state index in [0.29, 0.717) is 24.0 Å². The van der Waals surface area contributed by atoms with E-state index in [4.69, 9.17) is 4.74 Å². The van der Waals surface area contributed by atoms with E-state index in [1.807, 2.05) is 6.92 Å². The first-order valence-corrected chi connectivity index (χ1v) is 7.18. The summed E-state index contributed by atoms with van der Waals surface area (Å²) in [7, 11) is 0. The summed E-state index contributed by atoms with van der Waals surface area (Å²) in [4.78, 5) is 11.8. The molecule has 3 aliphatic rings. The van der Waals surface area contributed by atoms with Crippen molar-refractivity contribution in [1.29, 1.82) is 0 Å². The summed E-state index contributed by atoms with van der Waals surface area (Å²) in [5.41, 5.74) is -0.256. The number of fused-ring (bicyclic) bond motifs is 1. The fraction of sp³-hybridized carbons (Fsp3) is 0.800. The minimum atomic E-state index is -1.06. The maximum absolute atomic E-state index is 11.8. The molecule has 0 aromatic heterocycles. The van der Waals surface area contributed by atoms with E-state index >= 15 is 0 Å². The van der Waals surface area contributed by atoms with Crippen LogP contribution in [0.5, 0.6) is 0 Å². The number of esters is 1. The molecule has 0 spiro atoms. The van der Waals surface area contributed by atoms with Crippen molar-refractivity contribution < 1.29 is 24.9 Å². The highest BCUT2D eigenvalue weighted by molar-refractivity contribution is 5.92. The second kappa shape index (κ2) is 4.29. The zero-order valence-electron chi connectivity index (χ0n) is 11.9. The largest absolute Gasteiger partial charge is 0.458 e. The van der Waals surface area contributed by atoms with Crippen molar-refractivity contribution in [3.05, 3.63) is 11.1 Å². The first-order chi connectivity index (χ1) is 9.27. The van der Waals surface area contributed by atoms with Gasteiger partial charge in [-0.2, -0.15) is 0 Å². The van der Waals surface area contributed by atoms with Gasteiger partial charge in [-0.3, -0.25) is 0 Å². The number of hydrogen-bond donors (Lipinski definition) is 3. The van der Waals surface area contributed by atoms with Gasteiger partial charge in [0.05, 0.1) is 11.7 Å². The molecule has 20 heavy (non-hydrogen) atoms. The Bertz CT molecular complexity index is 481. The van der Waals surface area contributed by atoms with E-state index in [0.717, 1.165) is 0 Å². The van der Waals surface area contributed by atoms with Gasteiger partial charge in [-0.25, -0.2) is 4.79 Å². The van der Waals surface area contributed by atoms with Gasteiger partial charge in [0.15, 0.2) is 0 Å². The Morgan fingerprint density at radius 3 is 2.70 bits per heavy atom. The predicted octanol–water partition coefficient (Wildman–Crippen LogP) is 0.380. The van der Waals surface area contributed by atoms with Crippen molar-refractivity contribution in [3.8, 4) is 0 Å². The summed E-state index contributed by atoms with van der Waals surface area (Å²) in [6, 6.07) is 0. The summed E-state index contributed by atoms with van der Waals surface area (Å²) in [5.74, 6) is -0.665. The van der Waals surface area contributed by atoms with Crippen LogP contribution in [0.1, 0.15) is 33.1 Å². The van der Waals surface area contributed by atoms with Crippen LogP contribution in [0.3, 0.4) is 0 Å². The fourth-order valence-electron chi connectivity index (χ4n) is 4.26. The molecule has 5 heteroatoms. The van der Waals surface area contributed by atoms with Gasteiger partial charge in [0.25, 0.3) is 0 Å². The van der Waals surface area contributed by atoms with E-state index in [2.05, 4.69) is 0 Å². The van der Waals surface area contributed by atoms with Crippen LogP contribution in [-0.2, 0) is 9.53 Å². The zero-order chi connectivity index (χ0) is 14.7. The van der Waals surface area contributed by atoms with Gasteiger partial charge >= 0.3 is 5.97 Å². The monoisotopic (exact) mass is 282 g/mol. The van der Waals surface area contributed by atoms with E-state index in [-0.39, 0.29) is 36.9 Å². The van der Waals surface area contributed by atoms with Crippen LogP contribution in [0, 0.1) is 17.3 Å². The second-order valence-electron chi connectivity index (χ2n) is 7.21. The highest BCUT2D eigenvalue weighted by Gasteiger charge is 2.55. The molecule has 1 aliphatic heterocycles. The highest BCUT2D eigenvalue weighted by Crippen LogP contribution is 2.55. The summed E-state index contributed by atoms with van der Waals surface area (Å²) < 4.78 is 5.01. The Morgan fingerprint density at radius 1 is 1.35 bits per heavy atom. The Morgan fingerprint density at radius 2 is 2.05 bits per heavy atom. The lowest BCUT2D eigenvalue weighted by atomic mass is 9.78. The van der Waals surface area contributed by atoms with Gasteiger partial charge in [0.2, 0.25) is 0 Å². The van der Waals surface area contributed by atoms with Crippen molar-refractivity contribution in [2.24, 2.45) is 17.3 Å². The summed E-state index contributed by atoms with van der Waals surface area (Å²) in [5, 5.41) is 31.0. The minimum Gasteiger partial charge on any atom is -0.458 e. The Hall–Kier alpha value is -0.910. The third kappa shape index (κ3) is 1.91. The highest BCUT2D eigenvalue weighted by atomic mass is 16.5. The first-order valence-electron chi connectivity index (χ1n) is 7.18. The summed E-state index contributed by atoms with van der Waals surface area (Å²) in [6.07, 6.45) is 0.773. The van der Waals surface area contributed by atoms with Crippen LogP contribution in [0.2, 0.25) is 0 Å². The van der Waals surface area contributed by atoms with Crippen LogP contribution in [0.25, 0.3) is 0 Å². The molecule has 1 fully saturated rings. The molecule has 0 aromatic carbocycles. The van der Waals surface area contributed by atoms with Crippen molar-refractivity contribution in [2.75, 3.05) is 13.2 Å². The molecule has 0 radical (unpaired) electrons. The quantitative estimate of drug-likeness (QED) is 0.605. The van der Waals surface area contributed by atoms with Crippen molar-refractivity contribution >= 4 is 5.97 Å². The lowest BCUT2D eigenvalue weighted by Crippen LogP contribution is -2.39.